The Labute approximate surface area is 114 Å². The zero-order valence-electron chi connectivity index (χ0n) is 11.1. The summed E-state index contributed by atoms with van der Waals surface area (Å²) in [5.41, 5.74) is 0.216. The van der Waals surface area contributed by atoms with E-state index in [1.165, 1.54) is 31.0 Å². The molecule has 0 amide bonds. The number of aromatic nitrogens is 4. The van der Waals surface area contributed by atoms with Gasteiger partial charge in [-0.2, -0.15) is 23.4 Å². The van der Waals surface area contributed by atoms with Crippen LogP contribution < -0.4 is 0 Å². The van der Waals surface area contributed by atoms with Crippen LogP contribution in [0.5, 0.6) is 0 Å². The van der Waals surface area contributed by atoms with Gasteiger partial charge in [0, 0.05) is 25.4 Å². The summed E-state index contributed by atoms with van der Waals surface area (Å²) < 4.78 is 40.9. The summed E-state index contributed by atoms with van der Waals surface area (Å²) in [4.78, 5) is 0. The van der Waals surface area contributed by atoms with Crippen molar-refractivity contribution < 1.29 is 13.2 Å². The minimum Gasteiger partial charge on any atom is -0.272 e. The molecule has 0 N–H and O–H groups in total. The Morgan fingerprint density at radius 2 is 2.10 bits per heavy atom. The van der Waals surface area contributed by atoms with Crippen LogP contribution in [0.3, 0.4) is 0 Å². The Balaban J connectivity index is 1.83. The van der Waals surface area contributed by atoms with Crippen LogP contribution in [0.25, 0.3) is 11.3 Å². The molecule has 0 aliphatic heterocycles. The summed E-state index contributed by atoms with van der Waals surface area (Å²) in [7, 11) is 1.51. The molecule has 7 heteroatoms. The summed E-state index contributed by atoms with van der Waals surface area (Å²) in [6.45, 7) is 0.837. The van der Waals surface area contributed by atoms with E-state index in [-0.39, 0.29) is 0 Å². The third-order valence-electron chi connectivity index (χ3n) is 3.77. The first kappa shape index (κ1) is 13.2. The van der Waals surface area contributed by atoms with Crippen molar-refractivity contribution in [2.45, 2.75) is 32.0 Å². The van der Waals surface area contributed by atoms with Gasteiger partial charge in [-0.05, 0) is 24.8 Å². The molecule has 2 aromatic rings. The molecule has 20 heavy (non-hydrogen) atoms. The molecule has 0 aromatic carbocycles. The van der Waals surface area contributed by atoms with Crippen molar-refractivity contribution in [2.75, 3.05) is 0 Å². The van der Waals surface area contributed by atoms with E-state index in [4.69, 9.17) is 0 Å². The molecule has 1 aliphatic carbocycles. The molecule has 4 nitrogen and oxygen atoms in total. The smallest absolute Gasteiger partial charge is 0.272 e. The molecule has 0 atom stereocenters. The first-order valence-corrected chi connectivity index (χ1v) is 6.57. The molecule has 3 rings (SSSR count). The summed E-state index contributed by atoms with van der Waals surface area (Å²) in [6.07, 6.45) is 2.64. The highest BCUT2D eigenvalue weighted by Crippen LogP contribution is 2.32. The van der Waals surface area contributed by atoms with Crippen LogP contribution >= 0.6 is 0 Å². The molecule has 1 aliphatic rings. The molecule has 2 heterocycles. The average Bonchev–Trinajstić information content (AvgIpc) is 2.89. The van der Waals surface area contributed by atoms with Gasteiger partial charge in [0.25, 0.3) is 0 Å². The summed E-state index contributed by atoms with van der Waals surface area (Å²) in [5, 5.41) is 7.73. The van der Waals surface area contributed by atoms with Gasteiger partial charge >= 0.3 is 6.18 Å². The van der Waals surface area contributed by atoms with Gasteiger partial charge in [0.2, 0.25) is 0 Å². The van der Waals surface area contributed by atoms with Crippen LogP contribution in [-0.4, -0.2) is 19.6 Å². The van der Waals surface area contributed by atoms with Crippen molar-refractivity contribution in [3.05, 3.63) is 24.2 Å². The number of rotatable bonds is 3. The van der Waals surface area contributed by atoms with Crippen LogP contribution in [0, 0.1) is 5.92 Å². The highest BCUT2D eigenvalue weighted by molar-refractivity contribution is 5.58. The Kier molecular flexibility index (Phi) is 3.07. The maximum absolute atomic E-state index is 12.6. The highest BCUT2D eigenvalue weighted by atomic mass is 19.4. The quantitative estimate of drug-likeness (QED) is 0.868. The average molecular weight is 284 g/mol. The van der Waals surface area contributed by atoms with E-state index in [1.807, 2.05) is 0 Å². The first-order chi connectivity index (χ1) is 9.43. The summed E-state index contributed by atoms with van der Waals surface area (Å²) in [5.74, 6) is 0.653. The van der Waals surface area contributed by atoms with Gasteiger partial charge < -0.3 is 0 Å². The predicted molar refractivity (Wildman–Crippen MR) is 66.8 cm³/mol. The predicted octanol–water partition coefficient (Wildman–Crippen LogP) is 3.10. The summed E-state index contributed by atoms with van der Waals surface area (Å²) in [6, 6.07) is 1.06. The topological polar surface area (TPSA) is 35.6 Å². The Morgan fingerprint density at radius 1 is 1.35 bits per heavy atom. The zero-order chi connectivity index (χ0) is 14.3. The zero-order valence-corrected chi connectivity index (χ0v) is 11.1. The van der Waals surface area contributed by atoms with Gasteiger partial charge in [-0.15, -0.1) is 0 Å². The fraction of sp³-hybridized carbons (Fsp3) is 0.538. The van der Waals surface area contributed by atoms with Crippen LogP contribution in [0.4, 0.5) is 13.2 Å². The van der Waals surface area contributed by atoms with Crippen molar-refractivity contribution in [3.8, 4) is 11.3 Å². The number of nitrogens with zero attached hydrogens (tertiary/aromatic N) is 4. The molecule has 0 spiro atoms. The van der Waals surface area contributed by atoms with E-state index in [9.17, 15) is 13.2 Å². The molecule has 108 valence electrons. The van der Waals surface area contributed by atoms with Crippen LogP contribution in [-0.2, 0) is 19.8 Å². The fourth-order valence-corrected chi connectivity index (χ4v) is 2.41. The van der Waals surface area contributed by atoms with E-state index in [1.54, 1.807) is 17.1 Å². The molecule has 0 saturated heterocycles. The van der Waals surface area contributed by atoms with Gasteiger partial charge in [0.05, 0.1) is 11.9 Å². The van der Waals surface area contributed by atoms with Crippen LogP contribution in [0.1, 0.15) is 25.0 Å². The van der Waals surface area contributed by atoms with Crippen molar-refractivity contribution in [2.24, 2.45) is 13.0 Å². The lowest BCUT2D eigenvalue weighted by Gasteiger charge is -2.24. The van der Waals surface area contributed by atoms with Crippen molar-refractivity contribution in [3.63, 3.8) is 0 Å². The number of hydrogen-bond acceptors (Lipinski definition) is 2. The van der Waals surface area contributed by atoms with Gasteiger partial charge in [-0.3, -0.25) is 9.36 Å². The molecule has 0 bridgehead atoms. The minimum absolute atomic E-state index is 0.428. The minimum atomic E-state index is -4.42. The van der Waals surface area contributed by atoms with Crippen LogP contribution in [0.2, 0.25) is 0 Å². The van der Waals surface area contributed by atoms with Crippen LogP contribution in [0.15, 0.2) is 18.5 Å². The molecular formula is C13H15F3N4. The van der Waals surface area contributed by atoms with E-state index in [2.05, 4.69) is 10.2 Å². The molecular weight excluding hydrogens is 269 g/mol. The molecule has 1 fully saturated rings. The molecule has 2 aromatic heterocycles. The van der Waals surface area contributed by atoms with E-state index >= 15 is 0 Å². The van der Waals surface area contributed by atoms with Crippen molar-refractivity contribution in [1.82, 2.24) is 19.6 Å². The second kappa shape index (κ2) is 4.64. The Hall–Kier alpha value is -1.79. The van der Waals surface area contributed by atoms with E-state index in [0.29, 0.717) is 17.2 Å². The largest absolute Gasteiger partial charge is 0.435 e. The lowest BCUT2D eigenvalue weighted by Crippen LogP contribution is -2.18. The third-order valence-corrected chi connectivity index (χ3v) is 3.77. The lowest BCUT2D eigenvalue weighted by atomic mass is 9.85. The standard InChI is InChI=1S/C13H15F3N4/c1-19-11(5-12(18-19)13(14,15)16)10-6-17-20(8-10)7-9-3-2-4-9/h5-6,8-9H,2-4,7H2,1H3. The Morgan fingerprint density at radius 3 is 2.65 bits per heavy atom. The summed E-state index contributed by atoms with van der Waals surface area (Å²) >= 11 is 0. The highest BCUT2D eigenvalue weighted by Gasteiger charge is 2.34. The van der Waals surface area contributed by atoms with E-state index < -0.39 is 11.9 Å². The molecule has 0 radical (unpaired) electrons. The van der Waals surface area contributed by atoms with Crippen molar-refractivity contribution in [1.29, 1.82) is 0 Å². The van der Waals surface area contributed by atoms with Gasteiger partial charge in [0.1, 0.15) is 0 Å². The van der Waals surface area contributed by atoms with Gasteiger partial charge in [-0.1, -0.05) is 6.42 Å². The van der Waals surface area contributed by atoms with E-state index in [0.717, 1.165) is 12.6 Å². The SMILES string of the molecule is Cn1nc(C(F)(F)F)cc1-c1cnn(CC2CCC2)c1. The molecule has 1 saturated carbocycles. The Bertz CT molecular complexity index is 607. The second-order valence-corrected chi connectivity index (χ2v) is 5.28. The first-order valence-electron chi connectivity index (χ1n) is 6.57. The number of halogens is 3. The van der Waals surface area contributed by atoms with Gasteiger partial charge in [-0.25, -0.2) is 0 Å². The maximum atomic E-state index is 12.6. The number of alkyl halides is 3. The van der Waals surface area contributed by atoms with Crippen molar-refractivity contribution >= 4 is 0 Å². The monoisotopic (exact) mass is 284 g/mol. The third kappa shape index (κ3) is 2.44. The fourth-order valence-electron chi connectivity index (χ4n) is 2.41. The lowest BCUT2D eigenvalue weighted by molar-refractivity contribution is -0.141. The maximum Gasteiger partial charge on any atom is 0.435 e. The number of aryl methyl sites for hydroxylation is 1. The second-order valence-electron chi connectivity index (χ2n) is 5.28. The van der Waals surface area contributed by atoms with Gasteiger partial charge in [0.15, 0.2) is 5.69 Å². The molecule has 0 unspecified atom stereocenters. The number of hydrogen-bond donors (Lipinski definition) is 0. The normalized spacial score (nSPS) is 16.4.